The maximum Gasteiger partial charge on any atom is 0.245 e. The molecule has 1 atom stereocenters. The monoisotopic (exact) mass is 277 g/mol. The van der Waals surface area contributed by atoms with Gasteiger partial charge in [-0.2, -0.15) is 0 Å². The van der Waals surface area contributed by atoms with Crippen LogP contribution in [0.15, 0.2) is 18.2 Å². The zero-order valence-electron chi connectivity index (χ0n) is 12.1. The third-order valence-corrected chi connectivity index (χ3v) is 3.85. The summed E-state index contributed by atoms with van der Waals surface area (Å²) < 4.78 is 13.3. The fourth-order valence-electron chi connectivity index (χ4n) is 2.59. The first-order valence-electron chi connectivity index (χ1n) is 6.92. The molecule has 1 N–H and O–H groups in total. The van der Waals surface area contributed by atoms with E-state index in [0.29, 0.717) is 25.2 Å². The van der Waals surface area contributed by atoms with E-state index in [-0.39, 0.29) is 17.6 Å². The van der Waals surface area contributed by atoms with Crippen molar-refractivity contribution in [3.05, 3.63) is 35.1 Å². The van der Waals surface area contributed by atoms with Crippen molar-refractivity contribution in [1.29, 1.82) is 5.41 Å². The molecule has 1 aliphatic heterocycles. The summed E-state index contributed by atoms with van der Waals surface area (Å²) in [7, 11) is 0. The second-order valence-corrected chi connectivity index (χ2v) is 4.96. The highest BCUT2D eigenvalue weighted by atomic mass is 19.1. The van der Waals surface area contributed by atoms with E-state index in [1.165, 1.54) is 12.1 Å². The van der Waals surface area contributed by atoms with Crippen LogP contribution in [0.1, 0.15) is 31.9 Å². The van der Waals surface area contributed by atoms with Crippen LogP contribution < -0.4 is 0 Å². The van der Waals surface area contributed by atoms with Crippen LogP contribution in [0.2, 0.25) is 0 Å². The van der Waals surface area contributed by atoms with Crippen molar-refractivity contribution >= 4 is 11.7 Å². The van der Waals surface area contributed by atoms with Gasteiger partial charge in [-0.1, -0.05) is 6.07 Å². The van der Waals surface area contributed by atoms with Crippen LogP contribution in [-0.2, 0) is 11.3 Å². The van der Waals surface area contributed by atoms with Crippen LogP contribution in [0.5, 0.6) is 0 Å². The summed E-state index contributed by atoms with van der Waals surface area (Å²) in [6, 6.07) is 4.05. The first-order chi connectivity index (χ1) is 9.49. The zero-order valence-corrected chi connectivity index (χ0v) is 12.1. The highest BCUT2D eigenvalue weighted by molar-refractivity contribution is 6.02. The molecule has 0 saturated heterocycles. The fourth-order valence-corrected chi connectivity index (χ4v) is 2.59. The maximum absolute atomic E-state index is 13.3. The van der Waals surface area contributed by atoms with Gasteiger partial charge in [0.15, 0.2) is 0 Å². The smallest absolute Gasteiger partial charge is 0.245 e. The van der Waals surface area contributed by atoms with Crippen molar-refractivity contribution in [2.24, 2.45) is 0 Å². The summed E-state index contributed by atoms with van der Waals surface area (Å²) >= 11 is 0. The molecule has 0 fully saturated rings. The van der Waals surface area contributed by atoms with Crippen LogP contribution in [0.3, 0.4) is 0 Å². The van der Waals surface area contributed by atoms with Gasteiger partial charge in [-0.25, -0.2) is 4.39 Å². The summed E-state index contributed by atoms with van der Waals surface area (Å²) in [6.45, 7) is 7.48. The molecule has 1 unspecified atom stereocenters. The lowest BCUT2D eigenvalue weighted by Crippen LogP contribution is -2.47. The summed E-state index contributed by atoms with van der Waals surface area (Å²) in [5, 5.41) is 8.15. The van der Waals surface area contributed by atoms with Crippen LogP contribution >= 0.6 is 0 Å². The third-order valence-electron chi connectivity index (χ3n) is 3.85. The molecule has 0 saturated carbocycles. The van der Waals surface area contributed by atoms with Crippen LogP contribution in [0, 0.1) is 11.2 Å². The number of hydrogen-bond donors (Lipinski definition) is 1. The molecular weight excluding hydrogens is 257 g/mol. The molecule has 1 aromatic carbocycles. The van der Waals surface area contributed by atoms with Crippen molar-refractivity contribution in [3.63, 3.8) is 0 Å². The van der Waals surface area contributed by atoms with Crippen LogP contribution in [-0.4, -0.2) is 40.7 Å². The molecule has 20 heavy (non-hydrogen) atoms. The fraction of sp³-hybridized carbons (Fsp3) is 0.467. The Labute approximate surface area is 118 Å². The SMILES string of the molecule is CCN(CC)C(=O)C(C)N1Cc2ccc(F)cc2C1=N. The Bertz CT molecular complexity index is 540. The van der Waals surface area contributed by atoms with Crippen LogP contribution in [0.25, 0.3) is 0 Å². The lowest BCUT2D eigenvalue weighted by molar-refractivity contribution is -0.134. The molecule has 0 bridgehead atoms. The number of halogens is 1. The highest BCUT2D eigenvalue weighted by Gasteiger charge is 2.32. The predicted molar refractivity (Wildman–Crippen MR) is 76.2 cm³/mol. The number of rotatable bonds is 4. The van der Waals surface area contributed by atoms with Crippen molar-refractivity contribution < 1.29 is 9.18 Å². The minimum absolute atomic E-state index is 0.00743. The molecule has 4 nitrogen and oxygen atoms in total. The number of amidine groups is 1. The summed E-state index contributed by atoms with van der Waals surface area (Å²) in [5.74, 6) is -0.112. The number of likely N-dealkylation sites (N-methyl/N-ethyl adjacent to an activating group) is 1. The predicted octanol–water partition coefficient (Wildman–Crippen LogP) is 2.22. The molecule has 0 aliphatic carbocycles. The second-order valence-electron chi connectivity index (χ2n) is 4.96. The maximum atomic E-state index is 13.3. The Morgan fingerprint density at radius 2 is 2.10 bits per heavy atom. The number of benzene rings is 1. The highest BCUT2D eigenvalue weighted by Crippen LogP contribution is 2.25. The molecule has 0 spiro atoms. The number of nitrogens with one attached hydrogen (secondary N) is 1. The van der Waals surface area contributed by atoms with Gasteiger partial charge in [-0.15, -0.1) is 0 Å². The number of fused-ring (bicyclic) bond motifs is 1. The van der Waals surface area contributed by atoms with Crippen molar-refractivity contribution in [2.45, 2.75) is 33.4 Å². The van der Waals surface area contributed by atoms with E-state index in [4.69, 9.17) is 5.41 Å². The third kappa shape index (κ3) is 2.40. The molecule has 5 heteroatoms. The first kappa shape index (κ1) is 14.5. The van der Waals surface area contributed by atoms with Gasteiger partial charge in [0.25, 0.3) is 0 Å². The topological polar surface area (TPSA) is 47.4 Å². The number of carbonyl (C=O) groups is 1. The molecular formula is C15H20FN3O. The van der Waals surface area contributed by atoms with Gasteiger partial charge in [0.05, 0.1) is 0 Å². The van der Waals surface area contributed by atoms with Gasteiger partial charge in [0.2, 0.25) is 5.91 Å². The quantitative estimate of drug-likeness (QED) is 0.917. The Morgan fingerprint density at radius 3 is 2.70 bits per heavy atom. The minimum atomic E-state index is -0.405. The molecule has 1 aromatic rings. The summed E-state index contributed by atoms with van der Waals surface area (Å²) in [6.07, 6.45) is 0. The van der Waals surface area contributed by atoms with Gasteiger partial charge >= 0.3 is 0 Å². The van der Waals surface area contributed by atoms with E-state index in [1.807, 2.05) is 13.8 Å². The van der Waals surface area contributed by atoms with Crippen molar-refractivity contribution in [1.82, 2.24) is 9.80 Å². The summed E-state index contributed by atoms with van der Waals surface area (Å²) in [5.41, 5.74) is 1.49. The van der Waals surface area contributed by atoms with Gasteiger partial charge in [-0.3, -0.25) is 10.2 Å². The van der Waals surface area contributed by atoms with E-state index in [9.17, 15) is 9.18 Å². The molecule has 1 heterocycles. The van der Waals surface area contributed by atoms with E-state index in [0.717, 1.165) is 5.56 Å². The van der Waals surface area contributed by atoms with Crippen molar-refractivity contribution in [3.8, 4) is 0 Å². The Hall–Kier alpha value is -1.91. The molecule has 0 aromatic heterocycles. The number of carbonyl (C=O) groups excluding carboxylic acids is 1. The second kappa shape index (κ2) is 5.61. The standard InChI is InChI=1S/C15H20FN3O/c1-4-18(5-2)15(20)10(3)19-9-11-6-7-12(16)8-13(11)14(19)17/h6-8,10,17H,4-5,9H2,1-3H3. The van der Waals surface area contributed by atoms with Crippen molar-refractivity contribution in [2.75, 3.05) is 13.1 Å². The van der Waals surface area contributed by atoms with E-state index in [1.54, 1.807) is 22.8 Å². The molecule has 108 valence electrons. The number of nitrogens with zero attached hydrogens (tertiary/aromatic N) is 2. The lowest BCUT2D eigenvalue weighted by Gasteiger charge is -2.30. The zero-order chi connectivity index (χ0) is 14.9. The minimum Gasteiger partial charge on any atom is -0.341 e. The van der Waals surface area contributed by atoms with Crippen LogP contribution in [0.4, 0.5) is 4.39 Å². The number of hydrogen-bond acceptors (Lipinski definition) is 2. The lowest BCUT2D eigenvalue weighted by atomic mass is 10.1. The van der Waals surface area contributed by atoms with Gasteiger partial charge in [0.1, 0.15) is 17.7 Å². The Morgan fingerprint density at radius 1 is 1.45 bits per heavy atom. The molecule has 1 amide bonds. The molecule has 0 radical (unpaired) electrons. The summed E-state index contributed by atoms with van der Waals surface area (Å²) in [4.78, 5) is 15.8. The Balaban J connectivity index is 2.20. The first-order valence-corrected chi connectivity index (χ1v) is 6.92. The van der Waals surface area contributed by atoms with E-state index < -0.39 is 6.04 Å². The normalized spacial score (nSPS) is 15.2. The Kier molecular flexibility index (Phi) is 4.06. The average molecular weight is 277 g/mol. The van der Waals surface area contributed by atoms with E-state index >= 15 is 0 Å². The van der Waals surface area contributed by atoms with Gasteiger partial charge < -0.3 is 9.80 Å². The van der Waals surface area contributed by atoms with E-state index in [2.05, 4.69) is 0 Å². The largest absolute Gasteiger partial charge is 0.341 e. The number of amides is 1. The molecule has 1 aliphatic rings. The van der Waals surface area contributed by atoms with Gasteiger partial charge in [0, 0.05) is 25.2 Å². The molecule has 2 rings (SSSR count). The average Bonchev–Trinajstić information content (AvgIpc) is 2.76. The van der Waals surface area contributed by atoms with Gasteiger partial charge in [-0.05, 0) is 38.5 Å².